The molecule has 0 amide bonds. The predicted octanol–water partition coefficient (Wildman–Crippen LogP) is -1.49. The van der Waals surface area contributed by atoms with E-state index in [0.717, 1.165) is 24.9 Å². The Hall–Kier alpha value is -1.17. The first-order chi connectivity index (χ1) is 14.9. The van der Waals surface area contributed by atoms with E-state index < -0.39 is 6.10 Å². The van der Waals surface area contributed by atoms with Crippen molar-refractivity contribution in [2.45, 2.75) is 50.4 Å². The van der Waals surface area contributed by atoms with E-state index in [9.17, 15) is 9.59 Å². The zero-order valence-electron chi connectivity index (χ0n) is 18.4. The summed E-state index contributed by atoms with van der Waals surface area (Å²) >= 11 is 3.39. The Balaban J connectivity index is 0.000000689. The molecule has 2 aliphatic heterocycles. The Bertz CT molecular complexity index is 897. The smallest absolute Gasteiger partial charge is 0.769 e. The van der Waals surface area contributed by atoms with E-state index in [1.807, 2.05) is 12.1 Å². The van der Waals surface area contributed by atoms with E-state index in [2.05, 4.69) is 36.0 Å². The number of carbonyl (C=O) groups excluding carboxylic acids is 2. The van der Waals surface area contributed by atoms with Crippen molar-refractivity contribution in [3.8, 4) is 11.5 Å². The van der Waals surface area contributed by atoms with Crippen molar-refractivity contribution in [1.29, 1.82) is 0 Å². The SMILES string of the molecule is CC(=O)Oc1ccc2c3c1O[C@H]1[C@@H](OC(C)=O)C=C[C@H]4[C@@H](C2)N(C)CC[C@@]341.OO.[Na+].[O-]Cl. The van der Waals surface area contributed by atoms with Crippen molar-refractivity contribution >= 4 is 23.8 Å². The Morgan fingerprint density at radius 3 is 2.53 bits per heavy atom. The van der Waals surface area contributed by atoms with Crippen molar-refractivity contribution in [3.63, 3.8) is 0 Å². The normalized spacial score (nSPS) is 30.1. The number of rotatable bonds is 2. The largest absolute Gasteiger partial charge is 1.00 e. The minimum absolute atomic E-state index is 0. The number of halogens is 1. The average Bonchev–Trinajstić information content (AvgIpc) is 3.11. The summed E-state index contributed by atoms with van der Waals surface area (Å²) in [7, 11) is 2.17. The van der Waals surface area contributed by atoms with Gasteiger partial charge < -0.3 is 23.8 Å². The van der Waals surface area contributed by atoms with E-state index in [4.69, 9.17) is 29.4 Å². The van der Waals surface area contributed by atoms with Gasteiger partial charge in [0.05, 0.1) is 0 Å². The van der Waals surface area contributed by atoms with Crippen LogP contribution >= 0.6 is 11.9 Å². The van der Waals surface area contributed by atoms with Crippen LogP contribution in [0.5, 0.6) is 11.5 Å². The molecule has 9 nitrogen and oxygen atoms in total. The standard InChI is InChI=1S/C21H23NO5.ClO.Na.H2O2/c1-11(23)25-16-6-4-13-10-15-14-5-7-17(26-12(2)24)20-21(14,8-9-22(15)3)18(13)19(16)27-20;1-2;;1-2/h4-7,14-15,17,20H,8-10H2,1-3H3;;;1-2H/q;-1;+1;/t14-,15+,17-,20-,21-;;;/m0.../s1. The summed E-state index contributed by atoms with van der Waals surface area (Å²) in [6.07, 6.45) is 5.31. The molecule has 1 spiro atoms. The van der Waals surface area contributed by atoms with E-state index in [1.165, 1.54) is 19.4 Å². The van der Waals surface area contributed by atoms with Gasteiger partial charge in [-0.1, -0.05) is 12.1 Å². The fourth-order valence-corrected chi connectivity index (χ4v) is 5.74. The second-order valence-corrected chi connectivity index (χ2v) is 8.09. The first kappa shape index (κ1) is 27.1. The minimum Gasteiger partial charge on any atom is -0.769 e. The van der Waals surface area contributed by atoms with Gasteiger partial charge in [0.2, 0.25) is 0 Å². The van der Waals surface area contributed by atoms with Crippen LogP contribution in [0.3, 0.4) is 0 Å². The molecular weight excluding hydrogens is 453 g/mol. The van der Waals surface area contributed by atoms with Crippen molar-refractivity contribution < 1.29 is 68.5 Å². The topological polar surface area (TPSA) is 129 Å². The quantitative estimate of drug-likeness (QED) is 0.131. The first-order valence-corrected chi connectivity index (χ1v) is 10.2. The molecule has 1 fully saturated rings. The summed E-state index contributed by atoms with van der Waals surface area (Å²) in [6.45, 7) is 3.77. The van der Waals surface area contributed by atoms with Crippen LogP contribution in [0.2, 0.25) is 0 Å². The fraction of sp³-hybridized carbons (Fsp3) is 0.524. The molecule has 2 N–H and O–H groups in total. The number of benzene rings is 1. The van der Waals surface area contributed by atoms with Gasteiger partial charge in [0, 0.05) is 36.8 Å². The minimum atomic E-state index is -0.439. The number of piperidine rings is 1. The maximum atomic E-state index is 11.7. The Morgan fingerprint density at radius 1 is 1.22 bits per heavy atom. The molecule has 0 unspecified atom stereocenters. The van der Waals surface area contributed by atoms with Gasteiger partial charge in [0.1, 0.15) is 6.10 Å². The molecule has 5 atom stereocenters. The van der Waals surface area contributed by atoms with Crippen LogP contribution in [-0.4, -0.2) is 59.2 Å². The molecule has 1 aromatic rings. The van der Waals surface area contributed by atoms with Gasteiger partial charge in [-0.3, -0.25) is 20.1 Å². The van der Waals surface area contributed by atoms with E-state index in [1.54, 1.807) is 0 Å². The maximum absolute atomic E-state index is 11.7. The number of carbonyl (C=O) groups is 2. The third-order valence-electron chi connectivity index (χ3n) is 6.67. The summed E-state index contributed by atoms with van der Waals surface area (Å²) in [4.78, 5) is 25.7. The van der Waals surface area contributed by atoms with Crippen molar-refractivity contribution in [1.82, 2.24) is 4.90 Å². The van der Waals surface area contributed by atoms with Crippen LogP contribution in [0.4, 0.5) is 0 Å². The van der Waals surface area contributed by atoms with Gasteiger partial charge in [0.25, 0.3) is 0 Å². The summed E-state index contributed by atoms with van der Waals surface area (Å²) < 4.78 is 25.2. The molecule has 11 heteroatoms. The third-order valence-corrected chi connectivity index (χ3v) is 6.67. The molecule has 5 rings (SSSR count). The molecule has 4 aliphatic rings. The Morgan fingerprint density at radius 2 is 1.91 bits per heavy atom. The second kappa shape index (κ2) is 10.8. The van der Waals surface area contributed by atoms with E-state index in [0.29, 0.717) is 17.5 Å². The summed E-state index contributed by atoms with van der Waals surface area (Å²) in [5, 5.41) is 12.0. The van der Waals surface area contributed by atoms with Crippen molar-refractivity contribution in [3.05, 3.63) is 35.4 Å². The van der Waals surface area contributed by atoms with Crippen LogP contribution in [0, 0.1) is 5.92 Å². The molecule has 0 radical (unpaired) electrons. The number of hydrogen-bond donors (Lipinski definition) is 2. The molecule has 32 heavy (non-hydrogen) atoms. The summed E-state index contributed by atoms with van der Waals surface area (Å²) in [6, 6.07) is 4.28. The molecule has 170 valence electrons. The molecule has 0 aromatic heterocycles. The maximum Gasteiger partial charge on any atom is 1.00 e. The molecule has 2 aliphatic carbocycles. The molecule has 2 heterocycles. The van der Waals surface area contributed by atoms with Gasteiger partial charge in [-0.15, -0.1) is 0 Å². The Labute approximate surface area is 213 Å². The average molecular weight is 478 g/mol. The number of nitrogens with zero attached hydrogens (tertiary/aromatic N) is 1. The zero-order valence-corrected chi connectivity index (χ0v) is 21.2. The molecule has 1 saturated heterocycles. The molecular formula is C21H25ClNNaO8. The number of likely N-dealkylation sites (N-methyl/N-ethyl adjacent to an activating group) is 1. The fourth-order valence-electron chi connectivity index (χ4n) is 5.74. The van der Waals surface area contributed by atoms with Crippen molar-refractivity contribution in [2.24, 2.45) is 5.92 Å². The molecule has 2 bridgehead atoms. The first-order valence-electron chi connectivity index (χ1n) is 9.84. The number of esters is 2. The monoisotopic (exact) mass is 477 g/mol. The van der Waals surface area contributed by atoms with Gasteiger partial charge in [-0.2, -0.15) is 0 Å². The summed E-state index contributed by atoms with van der Waals surface area (Å²) in [5.74, 6) is 0.712. The van der Waals surface area contributed by atoms with Crippen LogP contribution < -0.4 is 43.7 Å². The second-order valence-electron chi connectivity index (χ2n) is 8.09. The van der Waals surface area contributed by atoms with Gasteiger partial charge in [-0.25, -0.2) is 11.9 Å². The van der Waals surface area contributed by atoms with Crippen LogP contribution in [-0.2, 0) is 26.2 Å². The van der Waals surface area contributed by atoms with Crippen LogP contribution in [0.25, 0.3) is 0 Å². The van der Waals surface area contributed by atoms with Crippen LogP contribution in [0.15, 0.2) is 24.3 Å². The van der Waals surface area contributed by atoms with E-state index in [-0.39, 0.29) is 58.9 Å². The van der Waals surface area contributed by atoms with Gasteiger partial charge in [-0.05, 0) is 44.1 Å². The van der Waals surface area contributed by atoms with Crippen molar-refractivity contribution in [2.75, 3.05) is 13.6 Å². The van der Waals surface area contributed by atoms with Crippen LogP contribution in [0.1, 0.15) is 31.4 Å². The third kappa shape index (κ3) is 4.21. The van der Waals surface area contributed by atoms with Gasteiger partial charge in [0.15, 0.2) is 17.6 Å². The zero-order chi connectivity index (χ0) is 22.9. The number of likely N-dealkylation sites (tertiary alicyclic amines) is 1. The van der Waals surface area contributed by atoms with E-state index >= 15 is 0 Å². The van der Waals surface area contributed by atoms with Gasteiger partial charge >= 0.3 is 41.5 Å². The molecule has 1 aromatic carbocycles. The summed E-state index contributed by atoms with van der Waals surface area (Å²) in [5.41, 5.74) is 2.15. The Kier molecular flexibility index (Phi) is 9.17. The number of ether oxygens (including phenoxy) is 3. The number of hydrogen-bond acceptors (Lipinski definition) is 9. The molecule has 0 saturated carbocycles. The predicted molar refractivity (Wildman–Crippen MR) is 108 cm³/mol.